The second-order valence-corrected chi connectivity index (χ2v) is 8.70. The summed E-state index contributed by atoms with van der Waals surface area (Å²) in [5, 5.41) is 2.66. The monoisotopic (exact) mass is 544 g/mol. The number of nitrogens with zero attached hydrogens (tertiary/aromatic N) is 1. The predicted molar refractivity (Wildman–Crippen MR) is 131 cm³/mol. The van der Waals surface area contributed by atoms with Crippen molar-refractivity contribution in [2.45, 2.75) is 19.4 Å². The molecule has 3 aromatic carbocycles. The number of Topliss-reactive ketones (excluding diaryl/α,β-unsaturated/α-hetero) is 1. The fraction of sp³-hybridized carbons (Fsp3) is 0.192. The van der Waals surface area contributed by atoms with Gasteiger partial charge in [0.2, 0.25) is 5.91 Å². The minimum absolute atomic E-state index is 0.0459. The van der Waals surface area contributed by atoms with Crippen molar-refractivity contribution in [3.05, 3.63) is 94.0 Å². The van der Waals surface area contributed by atoms with E-state index < -0.39 is 17.5 Å². The van der Waals surface area contributed by atoms with Crippen molar-refractivity contribution < 1.29 is 27.9 Å². The molecule has 1 N–H and O–H groups in total. The van der Waals surface area contributed by atoms with Crippen molar-refractivity contribution in [1.29, 1.82) is 0 Å². The van der Waals surface area contributed by atoms with Gasteiger partial charge in [-0.1, -0.05) is 28.1 Å². The zero-order valence-electron chi connectivity index (χ0n) is 18.9. The number of halogens is 3. The van der Waals surface area contributed by atoms with Crippen molar-refractivity contribution in [3.63, 3.8) is 0 Å². The van der Waals surface area contributed by atoms with Gasteiger partial charge in [0, 0.05) is 36.6 Å². The van der Waals surface area contributed by atoms with E-state index in [-0.39, 0.29) is 49.0 Å². The summed E-state index contributed by atoms with van der Waals surface area (Å²) in [4.78, 5) is 38.8. The second kappa shape index (κ2) is 12.2. The molecule has 0 spiro atoms. The number of hydrogen-bond acceptors (Lipinski definition) is 4. The normalized spacial score (nSPS) is 10.5. The van der Waals surface area contributed by atoms with Gasteiger partial charge in [0.1, 0.15) is 17.4 Å². The topological polar surface area (TPSA) is 75.7 Å². The molecule has 0 atom stereocenters. The number of carbonyl (C=O) groups is 3. The highest BCUT2D eigenvalue weighted by Crippen LogP contribution is 2.23. The fourth-order valence-electron chi connectivity index (χ4n) is 3.22. The molecule has 2 amide bonds. The molecule has 0 aliphatic carbocycles. The van der Waals surface area contributed by atoms with Gasteiger partial charge in [-0.3, -0.25) is 14.4 Å². The average molecular weight is 545 g/mol. The fourth-order valence-corrected chi connectivity index (χ4v) is 3.48. The molecular weight excluding hydrogens is 522 g/mol. The second-order valence-electron chi connectivity index (χ2n) is 7.78. The van der Waals surface area contributed by atoms with Crippen LogP contribution in [0.25, 0.3) is 0 Å². The third-order valence-electron chi connectivity index (χ3n) is 5.05. The summed E-state index contributed by atoms with van der Waals surface area (Å²) >= 11 is 3.31. The Balaban J connectivity index is 1.56. The van der Waals surface area contributed by atoms with E-state index in [1.807, 2.05) is 0 Å². The molecule has 0 heterocycles. The van der Waals surface area contributed by atoms with Gasteiger partial charge < -0.3 is 15.0 Å². The van der Waals surface area contributed by atoms with Crippen molar-refractivity contribution >= 4 is 39.2 Å². The van der Waals surface area contributed by atoms with Crippen LogP contribution in [-0.4, -0.2) is 36.2 Å². The number of amides is 2. The number of hydrogen-bond donors (Lipinski definition) is 1. The summed E-state index contributed by atoms with van der Waals surface area (Å²) in [6.45, 7) is -0.129. The number of carbonyl (C=O) groups excluding carboxylic acids is 3. The maximum absolute atomic E-state index is 13.8. The molecule has 6 nitrogen and oxygen atoms in total. The molecule has 0 saturated carbocycles. The van der Waals surface area contributed by atoms with Crippen LogP contribution in [-0.2, 0) is 16.1 Å². The summed E-state index contributed by atoms with van der Waals surface area (Å²) in [7, 11) is 1.58. The van der Waals surface area contributed by atoms with Crippen molar-refractivity contribution in [2.75, 3.05) is 19.0 Å². The maximum atomic E-state index is 13.8. The minimum Gasteiger partial charge on any atom is -0.483 e. The Morgan fingerprint density at radius 3 is 2.26 bits per heavy atom. The molecule has 0 bridgehead atoms. The molecule has 0 aromatic heterocycles. The van der Waals surface area contributed by atoms with Crippen LogP contribution in [0.2, 0.25) is 0 Å². The van der Waals surface area contributed by atoms with Gasteiger partial charge in [-0.2, -0.15) is 0 Å². The van der Waals surface area contributed by atoms with E-state index in [2.05, 4.69) is 21.2 Å². The third-order valence-corrected chi connectivity index (χ3v) is 5.58. The van der Waals surface area contributed by atoms with Crippen molar-refractivity contribution in [1.82, 2.24) is 4.90 Å². The number of nitrogens with one attached hydrogen (secondary N) is 1. The van der Waals surface area contributed by atoms with Crippen LogP contribution in [0.4, 0.5) is 14.5 Å². The molecule has 0 fully saturated rings. The Morgan fingerprint density at radius 2 is 1.57 bits per heavy atom. The first-order chi connectivity index (χ1) is 16.7. The van der Waals surface area contributed by atoms with Crippen molar-refractivity contribution in [3.8, 4) is 5.75 Å². The van der Waals surface area contributed by atoms with E-state index >= 15 is 0 Å². The molecule has 182 valence electrons. The summed E-state index contributed by atoms with van der Waals surface area (Å²) in [5.41, 5.74) is 1.27. The van der Waals surface area contributed by atoms with Crippen LogP contribution < -0.4 is 10.1 Å². The molecule has 3 aromatic rings. The van der Waals surface area contributed by atoms with E-state index in [0.717, 1.165) is 22.2 Å². The maximum Gasteiger partial charge on any atom is 0.262 e. The largest absolute Gasteiger partial charge is 0.483 e. The van der Waals surface area contributed by atoms with Crippen LogP contribution >= 0.6 is 15.9 Å². The number of rotatable bonds is 10. The first-order valence-electron chi connectivity index (χ1n) is 10.7. The molecule has 35 heavy (non-hydrogen) atoms. The molecule has 0 aliphatic heterocycles. The van der Waals surface area contributed by atoms with Gasteiger partial charge in [-0.05, 0) is 60.2 Å². The van der Waals surface area contributed by atoms with E-state index in [4.69, 9.17) is 4.74 Å². The van der Waals surface area contributed by atoms with Crippen LogP contribution in [0.3, 0.4) is 0 Å². The summed E-state index contributed by atoms with van der Waals surface area (Å²) in [5.74, 6) is -2.19. The Morgan fingerprint density at radius 1 is 0.914 bits per heavy atom. The number of benzene rings is 3. The number of ketones is 1. The highest BCUT2D eigenvalue weighted by atomic mass is 79.9. The van der Waals surface area contributed by atoms with Gasteiger partial charge >= 0.3 is 0 Å². The molecule has 0 aliphatic rings. The first kappa shape index (κ1) is 26.0. The average Bonchev–Trinajstić information content (AvgIpc) is 2.84. The third kappa shape index (κ3) is 7.99. The summed E-state index contributed by atoms with van der Waals surface area (Å²) in [6.07, 6.45) is -0.270. The van der Waals surface area contributed by atoms with E-state index in [1.54, 1.807) is 43.4 Å². The lowest BCUT2D eigenvalue weighted by atomic mass is 10.0. The van der Waals surface area contributed by atoms with Crippen LogP contribution in [0.5, 0.6) is 5.75 Å². The highest BCUT2D eigenvalue weighted by Gasteiger charge is 2.18. The van der Waals surface area contributed by atoms with E-state index in [9.17, 15) is 23.2 Å². The van der Waals surface area contributed by atoms with Crippen molar-refractivity contribution in [2.24, 2.45) is 0 Å². The van der Waals surface area contributed by atoms with E-state index in [1.165, 1.54) is 23.1 Å². The minimum atomic E-state index is -0.639. The Labute approximate surface area is 210 Å². The van der Waals surface area contributed by atoms with Crippen LogP contribution in [0.1, 0.15) is 28.8 Å². The van der Waals surface area contributed by atoms with Crippen LogP contribution in [0, 0.1) is 11.6 Å². The quantitative estimate of drug-likeness (QED) is 0.348. The SMILES string of the molecule is CN(Cc1ccc(F)cc1)C(=O)CCC(=O)c1cc(F)ccc1OCC(=O)Nc1ccc(Br)cc1. The standard InChI is InChI=1S/C26H23BrF2N2O4/c1-31(15-17-2-6-19(28)7-3-17)26(34)13-11-23(32)22-14-20(29)8-12-24(22)35-16-25(33)30-21-9-4-18(27)5-10-21/h2-10,12,14H,11,13,15-16H2,1H3,(H,30,33). The Bertz CT molecular complexity index is 1200. The zero-order chi connectivity index (χ0) is 25.4. The van der Waals surface area contributed by atoms with Gasteiger partial charge in [0.15, 0.2) is 12.4 Å². The molecule has 3 rings (SSSR count). The highest BCUT2D eigenvalue weighted by molar-refractivity contribution is 9.10. The smallest absolute Gasteiger partial charge is 0.262 e. The predicted octanol–water partition coefficient (Wildman–Crippen LogP) is 5.37. The Kier molecular flexibility index (Phi) is 9.08. The summed E-state index contributed by atoms with van der Waals surface area (Å²) in [6, 6.07) is 16.1. The van der Waals surface area contributed by atoms with E-state index in [0.29, 0.717) is 5.69 Å². The van der Waals surface area contributed by atoms with Gasteiger partial charge in [-0.25, -0.2) is 8.78 Å². The molecule has 0 saturated heterocycles. The number of ether oxygens (including phenoxy) is 1. The Hall–Kier alpha value is -3.59. The zero-order valence-corrected chi connectivity index (χ0v) is 20.5. The van der Waals surface area contributed by atoms with Crippen LogP contribution in [0.15, 0.2) is 71.2 Å². The lowest BCUT2D eigenvalue weighted by Gasteiger charge is -2.17. The van der Waals surface area contributed by atoms with Gasteiger partial charge in [0.25, 0.3) is 5.91 Å². The summed E-state index contributed by atoms with van der Waals surface area (Å²) < 4.78 is 33.2. The molecular formula is C26H23BrF2N2O4. The molecule has 0 radical (unpaired) electrons. The van der Waals surface area contributed by atoms with Gasteiger partial charge in [-0.15, -0.1) is 0 Å². The van der Waals surface area contributed by atoms with Gasteiger partial charge in [0.05, 0.1) is 5.56 Å². The number of anilines is 1. The molecule has 0 unspecified atom stereocenters. The first-order valence-corrected chi connectivity index (χ1v) is 11.5. The molecule has 9 heteroatoms. The lowest BCUT2D eigenvalue weighted by molar-refractivity contribution is -0.130. The lowest BCUT2D eigenvalue weighted by Crippen LogP contribution is -2.26.